The lowest BCUT2D eigenvalue weighted by molar-refractivity contribution is 0.0727. The number of benzene rings is 1. The van der Waals surface area contributed by atoms with Crippen LogP contribution in [0.5, 0.6) is 11.5 Å². The number of aryl methyl sites for hydroxylation is 1. The first-order valence-corrected chi connectivity index (χ1v) is 8.20. The van der Waals surface area contributed by atoms with Gasteiger partial charge in [0.15, 0.2) is 11.5 Å². The maximum Gasteiger partial charge on any atom is 0.254 e. The van der Waals surface area contributed by atoms with Crippen LogP contribution >= 0.6 is 11.3 Å². The van der Waals surface area contributed by atoms with E-state index in [-0.39, 0.29) is 12.7 Å². The van der Waals surface area contributed by atoms with Crippen molar-refractivity contribution in [1.82, 2.24) is 9.88 Å². The molecule has 1 aliphatic heterocycles. The SMILES string of the molecule is Cc1nc(CN(C(=O)c2ccc3c(c2)OCO3)C2CC2)cs1. The lowest BCUT2D eigenvalue weighted by Crippen LogP contribution is -2.32. The number of amides is 1. The zero-order valence-corrected chi connectivity index (χ0v) is 13.1. The third-order valence-electron chi connectivity index (χ3n) is 3.87. The van der Waals surface area contributed by atoms with Crippen LogP contribution < -0.4 is 9.47 Å². The Morgan fingerprint density at radius 1 is 1.36 bits per heavy atom. The molecule has 0 atom stereocenters. The molecule has 1 aromatic carbocycles. The van der Waals surface area contributed by atoms with Crippen molar-refractivity contribution in [1.29, 1.82) is 0 Å². The molecule has 1 amide bonds. The Kier molecular flexibility index (Phi) is 3.26. The summed E-state index contributed by atoms with van der Waals surface area (Å²) in [6.07, 6.45) is 2.14. The van der Waals surface area contributed by atoms with E-state index in [0.29, 0.717) is 29.6 Å². The van der Waals surface area contributed by atoms with Crippen LogP contribution in [0.4, 0.5) is 0 Å². The van der Waals surface area contributed by atoms with Crippen LogP contribution in [0.3, 0.4) is 0 Å². The van der Waals surface area contributed by atoms with Crippen molar-refractivity contribution in [2.75, 3.05) is 6.79 Å². The van der Waals surface area contributed by atoms with Gasteiger partial charge in [0.1, 0.15) is 0 Å². The van der Waals surface area contributed by atoms with Crippen LogP contribution in [0.25, 0.3) is 0 Å². The molecule has 2 heterocycles. The molecule has 2 aliphatic rings. The molecule has 6 heteroatoms. The highest BCUT2D eigenvalue weighted by Crippen LogP contribution is 2.35. The predicted octanol–water partition coefficient (Wildman–Crippen LogP) is 2.99. The van der Waals surface area contributed by atoms with Crippen LogP contribution in [-0.4, -0.2) is 28.6 Å². The first-order valence-electron chi connectivity index (χ1n) is 7.32. The molecule has 1 aromatic heterocycles. The van der Waals surface area contributed by atoms with Crippen molar-refractivity contribution in [3.63, 3.8) is 0 Å². The first-order chi connectivity index (χ1) is 10.7. The molecule has 2 aromatic rings. The lowest BCUT2D eigenvalue weighted by Gasteiger charge is -2.21. The van der Waals surface area contributed by atoms with Gasteiger partial charge in [-0.25, -0.2) is 4.98 Å². The fourth-order valence-corrected chi connectivity index (χ4v) is 3.21. The Labute approximate surface area is 132 Å². The number of fused-ring (bicyclic) bond motifs is 1. The predicted molar refractivity (Wildman–Crippen MR) is 82.3 cm³/mol. The average molecular weight is 316 g/mol. The fraction of sp³-hybridized carbons (Fsp3) is 0.375. The number of thiazole rings is 1. The molecular weight excluding hydrogens is 300 g/mol. The second kappa shape index (κ2) is 5.28. The molecule has 0 bridgehead atoms. The normalized spacial score (nSPS) is 15.9. The Balaban J connectivity index is 1.58. The summed E-state index contributed by atoms with van der Waals surface area (Å²) in [5.74, 6) is 1.38. The molecule has 0 unspecified atom stereocenters. The van der Waals surface area contributed by atoms with E-state index in [1.165, 1.54) is 0 Å². The lowest BCUT2D eigenvalue weighted by atomic mass is 10.1. The van der Waals surface area contributed by atoms with Gasteiger partial charge in [-0.3, -0.25) is 4.79 Å². The highest BCUT2D eigenvalue weighted by Gasteiger charge is 2.34. The van der Waals surface area contributed by atoms with Crippen molar-refractivity contribution in [2.24, 2.45) is 0 Å². The van der Waals surface area contributed by atoms with Crippen molar-refractivity contribution in [3.05, 3.63) is 39.8 Å². The summed E-state index contributed by atoms with van der Waals surface area (Å²) < 4.78 is 10.7. The highest BCUT2D eigenvalue weighted by molar-refractivity contribution is 7.09. The molecule has 1 aliphatic carbocycles. The fourth-order valence-electron chi connectivity index (χ4n) is 2.60. The second-order valence-corrected chi connectivity index (χ2v) is 6.65. The third-order valence-corrected chi connectivity index (χ3v) is 4.69. The number of rotatable bonds is 4. The van der Waals surface area contributed by atoms with Crippen LogP contribution in [0, 0.1) is 6.92 Å². The van der Waals surface area contributed by atoms with E-state index in [1.807, 2.05) is 17.2 Å². The molecule has 0 N–H and O–H groups in total. The standard InChI is InChI=1S/C16H16N2O3S/c1-10-17-12(8-22-10)7-18(13-3-4-13)16(19)11-2-5-14-15(6-11)21-9-20-14/h2,5-6,8,13H,3-4,7,9H2,1H3. The third kappa shape index (κ3) is 2.54. The van der Waals surface area contributed by atoms with Crippen LogP contribution in [-0.2, 0) is 6.54 Å². The Morgan fingerprint density at radius 3 is 2.91 bits per heavy atom. The minimum absolute atomic E-state index is 0.0338. The summed E-state index contributed by atoms with van der Waals surface area (Å²) in [5.41, 5.74) is 1.60. The van der Waals surface area contributed by atoms with Crippen LogP contribution in [0.1, 0.15) is 33.9 Å². The maximum atomic E-state index is 12.8. The Bertz CT molecular complexity index is 724. The molecule has 0 radical (unpaired) electrons. The summed E-state index contributed by atoms with van der Waals surface area (Å²) in [6, 6.07) is 5.71. The summed E-state index contributed by atoms with van der Waals surface area (Å²) in [5, 5.41) is 3.05. The van der Waals surface area contributed by atoms with Crippen LogP contribution in [0.15, 0.2) is 23.6 Å². The number of hydrogen-bond acceptors (Lipinski definition) is 5. The van der Waals surface area contributed by atoms with Gasteiger partial charge < -0.3 is 14.4 Å². The molecule has 114 valence electrons. The zero-order chi connectivity index (χ0) is 15.1. The topological polar surface area (TPSA) is 51.7 Å². The van der Waals surface area contributed by atoms with Gasteiger partial charge in [0, 0.05) is 17.0 Å². The van der Waals surface area contributed by atoms with Crippen molar-refractivity contribution in [2.45, 2.75) is 32.4 Å². The monoisotopic (exact) mass is 316 g/mol. The quantitative estimate of drug-likeness (QED) is 0.870. The number of hydrogen-bond donors (Lipinski definition) is 0. The smallest absolute Gasteiger partial charge is 0.254 e. The van der Waals surface area contributed by atoms with Gasteiger partial charge in [-0.15, -0.1) is 11.3 Å². The second-order valence-electron chi connectivity index (χ2n) is 5.59. The number of ether oxygens (including phenoxy) is 2. The average Bonchev–Trinajstić information content (AvgIpc) is 3.10. The van der Waals surface area contributed by atoms with Crippen LogP contribution in [0.2, 0.25) is 0 Å². The minimum atomic E-state index is 0.0338. The van der Waals surface area contributed by atoms with Gasteiger partial charge in [0.05, 0.1) is 17.2 Å². The zero-order valence-electron chi connectivity index (χ0n) is 12.2. The number of nitrogens with zero attached hydrogens (tertiary/aromatic N) is 2. The van der Waals surface area contributed by atoms with E-state index in [4.69, 9.17) is 9.47 Å². The number of carbonyl (C=O) groups excluding carboxylic acids is 1. The maximum absolute atomic E-state index is 12.8. The summed E-state index contributed by atoms with van der Waals surface area (Å²) in [4.78, 5) is 19.2. The molecule has 0 saturated heterocycles. The van der Waals surface area contributed by atoms with Crippen molar-refractivity contribution in [3.8, 4) is 11.5 Å². The highest BCUT2D eigenvalue weighted by atomic mass is 32.1. The Hall–Kier alpha value is -2.08. The first kappa shape index (κ1) is 13.6. The molecule has 0 spiro atoms. The van der Waals surface area contributed by atoms with Gasteiger partial charge >= 0.3 is 0 Å². The van der Waals surface area contributed by atoms with E-state index in [2.05, 4.69) is 4.98 Å². The largest absolute Gasteiger partial charge is 0.454 e. The molecule has 22 heavy (non-hydrogen) atoms. The van der Waals surface area contributed by atoms with Gasteiger partial charge in [0.25, 0.3) is 5.91 Å². The molecule has 1 saturated carbocycles. The van der Waals surface area contributed by atoms with E-state index >= 15 is 0 Å². The molecule has 4 rings (SSSR count). The van der Waals surface area contributed by atoms with Crippen molar-refractivity contribution < 1.29 is 14.3 Å². The summed E-state index contributed by atoms with van der Waals surface area (Å²) in [6.45, 7) is 2.77. The van der Waals surface area contributed by atoms with Gasteiger partial charge in [0.2, 0.25) is 6.79 Å². The molecule has 5 nitrogen and oxygen atoms in total. The van der Waals surface area contributed by atoms with E-state index < -0.39 is 0 Å². The van der Waals surface area contributed by atoms with Gasteiger partial charge in [-0.2, -0.15) is 0 Å². The molecule has 1 fully saturated rings. The van der Waals surface area contributed by atoms with E-state index in [0.717, 1.165) is 23.5 Å². The summed E-state index contributed by atoms with van der Waals surface area (Å²) >= 11 is 1.62. The van der Waals surface area contributed by atoms with Crippen molar-refractivity contribution >= 4 is 17.2 Å². The number of carbonyl (C=O) groups is 1. The minimum Gasteiger partial charge on any atom is -0.454 e. The summed E-state index contributed by atoms with van der Waals surface area (Å²) in [7, 11) is 0. The number of aromatic nitrogens is 1. The van der Waals surface area contributed by atoms with E-state index in [1.54, 1.807) is 29.5 Å². The van der Waals surface area contributed by atoms with Gasteiger partial charge in [-0.05, 0) is 38.0 Å². The van der Waals surface area contributed by atoms with Gasteiger partial charge in [-0.1, -0.05) is 0 Å². The Morgan fingerprint density at radius 2 is 2.18 bits per heavy atom. The molecular formula is C16H16N2O3S. The van der Waals surface area contributed by atoms with E-state index in [9.17, 15) is 4.79 Å².